The van der Waals surface area contributed by atoms with Gasteiger partial charge < -0.3 is 11.5 Å². The average molecular weight is 337 g/mol. The molecule has 0 aromatic rings. The fourth-order valence-electron chi connectivity index (χ4n) is 6.03. The number of nitrogens with two attached hydrogens (primary N) is 2. The van der Waals surface area contributed by atoms with Gasteiger partial charge in [0.25, 0.3) is 0 Å². The van der Waals surface area contributed by atoms with Crippen LogP contribution in [0.4, 0.5) is 0 Å². The third-order valence-electron chi connectivity index (χ3n) is 7.82. The Morgan fingerprint density at radius 2 is 1.54 bits per heavy atom. The third-order valence-corrected chi connectivity index (χ3v) is 7.82. The van der Waals surface area contributed by atoms with Crippen LogP contribution in [0.3, 0.4) is 0 Å². The van der Waals surface area contributed by atoms with Crippen molar-refractivity contribution in [3.63, 3.8) is 0 Å². The van der Waals surface area contributed by atoms with Crippen molar-refractivity contribution in [1.82, 2.24) is 0 Å². The van der Waals surface area contributed by atoms with Gasteiger partial charge in [-0.05, 0) is 67.2 Å². The standard InChI is InChI=1S/C22H44N2/c1-5-19-18(14-23)11-9-7-6-8-10-15(2)12-20(19)21-13-16(3)17(4)22(21)24/h15-22H,5-14,23-24H2,1-4H3. The highest BCUT2D eigenvalue weighted by Gasteiger charge is 2.43. The second kappa shape index (κ2) is 9.57. The van der Waals surface area contributed by atoms with Gasteiger partial charge in [0.1, 0.15) is 0 Å². The van der Waals surface area contributed by atoms with E-state index in [1.54, 1.807) is 0 Å². The van der Waals surface area contributed by atoms with Crippen LogP contribution in [-0.4, -0.2) is 12.6 Å². The maximum atomic E-state index is 6.75. The van der Waals surface area contributed by atoms with Gasteiger partial charge >= 0.3 is 0 Å². The molecule has 0 amide bonds. The van der Waals surface area contributed by atoms with Crippen molar-refractivity contribution < 1.29 is 0 Å². The molecule has 0 saturated heterocycles. The van der Waals surface area contributed by atoms with E-state index in [-0.39, 0.29) is 0 Å². The molecule has 2 heteroatoms. The first-order valence-electron chi connectivity index (χ1n) is 10.9. The molecule has 0 spiro atoms. The molecule has 0 radical (unpaired) electrons. The predicted molar refractivity (Wildman–Crippen MR) is 106 cm³/mol. The normalized spacial score (nSPS) is 45.8. The zero-order chi connectivity index (χ0) is 17.7. The van der Waals surface area contributed by atoms with E-state index in [1.165, 1.54) is 57.8 Å². The van der Waals surface area contributed by atoms with E-state index in [0.717, 1.165) is 36.1 Å². The first-order chi connectivity index (χ1) is 11.5. The molecule has 2 fully saturated rings. The Morgan fingerprint density at radius 3 is 2.08 bits per heavy atom. The quantitative estimate of drug-likeness (QED) is 0.744. The van der Waals surface area contributed by atoms with Crippen molar-refractivity contribution in [3.05, 3.63) is 0 Å². The van der Waals surface area contributed by atoms with Crippen molar-refractivity contribution in [1.29, 1.82) is 0 Å². The molecule has 2 aliphatic rings. The van der Waals surface area contributed by atoms with Crippen LogP contribution in [0.1, 0.15) is 85.5 Å². The predicted octanol–water partition coefficient (Wildman–Crippen LogP) is 5.20. The van der Waals surface area contributed by atoms with Crippen LogP contribution in [0, 0.1) is 41.4 Å². The van der Waals surface area contributed by atoms with Gasteiger partial charge in [-0.3, -0.25) is 0 Å². The molecule has 0 heterocycles. The van der Waals surface area contributed by atoms with Crippen molar-refractivity contribution in [2.75, 3.05) is 6.54 Å². The first kappa shape index (κ1) is 20.2. The molecular formula is C22H44N2. The van der Waals surface area contributed by atoms with Crippen molar-refractivity contribution >= 4 is 0 Å². The summed E-state index contributed by atoms with van der Waals surface area (Å²) in [7, 11) is 0. The van der Waals surface area contributed by atoms with E-state index < -0.39 is 0 Å². The van der Waals surface area contributed by atoms with Crippen LogP contribution < -0.4 is 11.5 Å². The van der Waals surface area contributed by atoms with Gasteiger partial charge in [0.05, 0.1) is 0 Å². The molecule has 24 heavy (non-hydrogen) atoms. The SMILES string of the molecule is CCC1C(CN)CCCCCCC(C)CC1C1CC(C)C(C)C1N. The Kier molecular flexibility index (Phi) is 8.07. The van der Waals surface area contributed by atoms with Crippen LogP contribution in [0.5, 0.6) is 0 Å². The van der Waals surface area contributed by atoms with E-state index in [4.69, 9.17) is 11.5 Å². The second-order valence-electron chi connectivity index (χ2n) is 9.38. The summed E-state index contributed by atoms with van der Waals surface area (Å²) in [5.74, 6) is 5.31. The van der Waals surface area contributed by atoms with Crippen molar-refractivity contribution in [3.8, 4) is 0 Å². The number of hydrogen-bond acceptors (Lipinski definition) is 2. The minimum Gasteiger partial charge on any atom is -0.330 e. The minimum absolute atomic E-state index is 0.398. The lowest BCUT2D eigenvalue weighted by molar-refractivity contribution is 0.113. The molecule has 0 aromatic carbocycles. The molecule has 142 valence electrons. The lowest BCUT2D eigenvalue weighted by Crippen LogP contribution is -2.41. The molecule has 2 rings (SSSR count). The van der Waals surface area contributed by atoms with E-state index in [0.29, 0.717) is 17.9 Å². The highest BCUT2D eigenvalue weighted by atomic mass is 14.7. The fraction of sp³-hybridized carbons (Fsp3) is 1.00. The van der Waals surface area contributed by atoms with Gasteiger partial charge in [0.2, 0.25) is 0 Å². The van der Waals surface area contributed by atoms with E-state index >= 15 is 0 Å². The van der Waals surface area contributed by atoms with Gasteiger partial charge in [0.15, 0.2) is 0 Å². The number of rotatable bonds is 3. The zero-order valence-electron chi connectivity index (χ0n) is 16.8. The van der Waals surface area contributed by atoms with Gasteiger partial charge in [-0.15, -0.1) is 0 Å². The van der Waals surface area contributed by atoms with Gasteiger partial charge in [-0.25, -0.2) is 0 Å². The minimum atomic E-state index is 0.398. The first-order valence-corrected chi connectivity index (χ1v) is 10.9. The van der Waals surface area contributed by atoms with Crippen LogP contribution in [0.15, 0.2) is 0 Å². The van der Waals surface area contributed by atoms with Crippen LogP contribution in [0.2, 0.25) is 0 Å². The lowest BCUT2D eigenvalue weighted by atomic mass is 9.67. The van der Waals surface area contributed by atoms with Gasteiger partial charge in [0, 0.05) is 6.04 Å². The molecular weight excluding hydrogens is 292 g/mol. The molecule has 2 aliphatic carbocycles. The van der Waals surface area contributed by atoms with Crippen molar-refractivity contribution in [2.24, 2.45) is 52.9 Å². The lowest BCUT2D eigenvalue weighted by Gasteiger charge is -2.39. The molecule has 8 atom stereocenters. The summed E-state index contributed by atoms with van der Waals surface area (Å²) in [5.41, 5.74) is 13.0. The fourth-order valence-corrected chi connectivity index (χ4v) is 6.03. The second-order valence-corrected chi connectivity index (χ2v) is 9.38. The van der Waals surface area contributed by atoms with Crippen molar-refractivity contribution in [2.45, 2.75) is 91.5 Å². The van der Waals surface area contributed by atoms with Crippen LogP contribution >= 0.6 is 0 Å². The Morgan fingerprint density at radius 1 is 0.875 bits per heavy atom. The summed E-state index contributed by atoms with van der Waals surface area (Å²) < 4.78 is 0. The zero-order valence-corrected chi connectivity index (χ0v) is 16.8. The van der Waals surface area contributed by atoms with E-state index in [2.05, 4.69) is 27.7 Å². The highest BCUT2D eigenvalue weighted by Crippen LogP contribution is 2.47. The summed E-state index contributed by atoms with van der Waals surface area (Å²) in [6, 6.07) is 0.398. The Balaban J connectivity index is 2.24. The smallest absolute Gasteiger partial charge is 0.00983 e. The van der Waals surface area contributed by atoms with Gasteiger partial charge in [-0.1, -0.05) is 66.2 Å². The Bertz CT molecular complexity index is 356. The molecule has 0 bridgehead atoms. The largest absolute Gasteiger partial charge is 0.330 e. The third kappa shape index (κ3) is 4.75. The van der Waals surface area contributed by atoms with Crippen LogP contribution in [-0.2, 0) is 0 Å². The Labute approximate surface area is 151 Å². The summed E-state index contributed by atoms with van der Waals surface area (Å²) in [6.45, 7) is 10.6. The summed E-state index contributed by atoms with van der Waals surface area (Å²) in [4.78, 5) is 0. The molecule has 0 aromatic heterocycles. The Hall–Kier alpha value is -0.0800. The topological polar surface area (TPSA) is 52.0 Å². The summed E-state index contributed by atoms with van der Waals surface area (Å²) >= 11 is 0. The van der Waals surface area contributed by atoms with E-state index in [9.17, 15) is 0 Å². The maximum absolute atomic E-state index is 6.75. The van der Waals surface area contributed by atoms with Crippen LogP contribution in [0.25, 0.3) is 0 Å². The molecule has 2 saturated carbocycles. The molecule has 2 nitrogen and oxygen atoms in total. The summed E-state index contributed by atoms with van der Waals surface area (Å²) in [5, 5.41) is 0. The van der Waals surface area contributed by atoms with E-state index in [1.807, 2.05) is 0 Å². The highest BCUT2D eigenvalue weighted by molar-refractivity contribution is 4.96. The monoisotopic (exact) mass is 336 g/mol. The molecule has 4 N–H and O–H groups in total. The molecule has 8 unspecified atom stereocenters. The number of hydrogen-bond donors (Lipinski definition) is 2. The maximum Gasteiger partial charge on any atom is 0.00983 e. The summed E-state index contributed by atoms with van der Waals surface area (Å²) in [6.07, 6.45) is 12.4. The average Bonchev–Trinajstić information content (AvgIpc) is 2.80. The molecule has 0 aliphatic heterocycles. The van der Waals surface area contributed by atoms with Gasteiger partial charge in [-0.2, -0.15) is 0 Å².